The van der Waals surface area contributed by atoms with E-state index < -0.39 is 5.60 Å². The highest BCUT2D eigenvalue weighted by molar-refractivity contribution is 6.31. The van der Waals surface area contributed by atoms with Crippen LogP contribution in [0.4, 0.5) is 0 Å². The van der Waals surface area contributed by atoms with E-state index >= 15 is 0 Å². The second kappa shape index (κ2) is 7.82. The summed E-state index contributed by atoms with van der Waals surface area (Å²) in [5, 5.41) is 1.28. The standard InChI is InChI=1S/C19H19Cl2NO2/c1-19(2,3)24-17(23)12-22-18(13-4-8-15(20)9-5-13)14-6-10-16(21)11-7-14/h4-11H,12H2,1-3H3. The lowest BCUT2D eigenvalue weighted by Gasteiger charge is -2.19. The van der Waals surface area contributed by atoms with Crippen LogP contribution < -0.4 is 0 Å². The maximum absolute atomic E-state index is 12.0. The van der Waals surface area contributed by atoms with E-state index in [0.717, 1.165) is 11.1 Å². The van der Waals surface area contributed by atoms with Gasteiger partial charge in [-0.1, -0.05) is 47.5 Å². The molecule has 5 heteroatoms. The van der Waals surface area contributed by atoms with Gasteiger partial charge in [-0.05, 0) is 45.0 Å². The minimum absolute atomic E-state index is 0.0577. The zero-order valence-corrected chi connectivity index (χ0v) is 15.4. The van der Waals surface area contributed by atoms with Gasteiger partial charge in [-0.3, -0.25) is 9.79 Å². The highest BCUT2D eigenvalue weighted by atomic mass is 35.5. The highest BCUT2D eigenvalue weighted by Gasteiger charge is 2.16. The fraction of sp³-hybridized carbons (Fsp3) is 0.263. The van der Waals surface area contributed by atoms with Gasteiger partial charge in [-0.2, -0.15) is 0 Å². The molecule has 0 bridgehead atoms. The van der Waals surface area contributed by atoms with Crippen LogP contribution in [0.3, 0.4) is 0 Å². The van der Waals surface area contributed by atoms with Crippen molar-refractivity contribution >= 4 is 34.9 Å². The summed E-state index contributed by atoms with van der Waals surface area (Å²) < 4.78 is 5.31. The Morgan fingerprint density at radius 2 is 1.33 bits per heavy atom. The van der Waals surface area contributed by atoms with Gasteiger partial charge in [0.15, 0.2) is 0 Å². The summed E-state index contributed by atoms with van der Waals surface area (Å²) in [6, 6.07) is 14.6. The first-order valence-corrected chi connectivity index (χ1v) is 8.28. The Morgan fingerprint density at radius 1 is 0.917 bits per heavy atom. The zero-order chi connectivity index (χ0) is 17.7. The van der Waals surface area contributed by atoms with Crippen molar-refractivity contribution in [2.24, 2.45) is 4.99 Å². The van der Waals surface area contributed by atoms with Crippen molar-refractivity contribution < 1.29 is 9.53 Å². The molecule has 0 fully saturated rings. The van der Waals surface area contributed by atoms with E-state index in [9.17, 15) is 4.79 Å². The SMILES string of the molecule is CC(C)(C)OC(=O)CN=C(c1ccc(Cl)cc1)c1ccc(Cl)cc1. The number of nitrogens with zero attached hydrogens (tertiary/aromatic N) is 1. The molecular weight excluding hydrogens is 345 g/mol. The molecule has 2 rings (SSSR count). The number of benzene rings is 2. The molecule has 0 amide bonds. The van der Waals surface area contributed by atoms with Crippen LogP contribution in [-0.2, 0) is 9.53 Å². The van der Waals surface area contributed by atoms with Gasteiger partial charge in [0.2, 0.25) is 0 Å². The summed E-state index contributed by atoms with van der Waals surface area (Å²) in [4.78, 5) is 16.4. The molecule has 0 radical (unpaired) electrons. The maximum Gasteiger partial charge on any atom is 0.328 e. The summed E-state index contributed by atoms with van der Waals surface area (Å²) in [7, 11) is 0. The predicted octanol–water partition coefficient (Wildman–Crippen LogP) is 5.17. The monoisotopic (exact) mass is 363 g/mol. The molecule has 24 heavy (non-hydrogen) atoms. The zero-order valence-electron chi connectivity index (χ0n) is 13.8. The van der Waals surface area contributed by atoms with Gasteiger partial charge in [0.1, 0.15) is 12.1 Å². The molecule has 0 aliphatic heterocycles. The lowest BCUT2D eigenvalue weighted by Crippen LogP contribution is -2.25. The van der Waals surface area contributed by atoms with Gasteiger partial charge in [0.25, 0.3) is 0 Å². The van der Waals surface area contributed by atoms with E-state index in [-0.39, 0.29) is 12.5 Å². The summed E-state index contributed by atoms with van der Waals surface area (Å²) in [5.41, 5.74) is 1.89. The molecule has 0 N–H and O–H groups in total. The molecule has 2 aromatic rings. The second-order valence-electron chi connectivity index (χ2n) is 6.27. The van der Waals surface area contributed by atoms with Crippen LogP contribution in [0.1, 0.15) is 31.9 Å². The van der Waals surface area contributed by atoms with Crippen molar-refractivity contribution in [2.75, 3.05) is 6.54 Å². The number of aliphatic imine (C=N–C) groups is 1. The minimum Gasteiger partial charge on any atom is -0.459 e. The fourth-order valence-electron chi connectivity index (χ4n) is 2.08. The third kappa shape index (κ3) is 5.66. The smallest absolute Gasteiger partial charge is 0.328 e. The molecule has 126 valence electrons. The van der Waals surface area contributed by atoms with E-state index in [4.69, 9.17) is 27.9 Å². The van der Waals surface area contributed by atoms with Gasteiger partial charge < -0.3 is 4.74 Å². The van der Waals surface area contributed by atoms with Crippen molar-refractivity contribution in [1.29, 1.82) is 0 Å². The second-order valence-corrected chi connectivity index (χ2v) is 7.14. The van der Waals surface area contributed by atoms with Crippen molar-refractivity contribution in [3.05, 3.63) is 69.7 Å². The lowest BCUT2D eigenvalue weighted by molar-refractivity contribution is -0.152. The quantitative estimate of drug-likeness (QED) is 0.554. The highest BCUT2D eigenvalue weighted by Crippen LogP contribution is 2.17. The summed E-state index contributed by atoms with van der Waals surface area (Å²) in [6.45, 7) is 5.42. The van der Waals surface area contributed by atoms with Crippen LogP contribution in [0.15, 0.2) is 53.5 Å². The van der Waals surface area contributed by atoms with Crippen LogP contribution in [0, 0.1) is 0 Å². The van der Waals surface area contributed by atoms with Crippen LogP contribution in [-0.4, -0.2) is 23.8 Å². The lowest BCUT2D eigenvalue weighted by atomic mass is 10.0. The molecule has 0 aromatic heterocycles. The Balaban J connectivity index is 2.32. The molecule has 0 spiro atoms. The molecule has 0 atom stereocenters. The maximum atomic E-state index is 12.0. The first-order chi connectivity index (χ1) is 11.2. The number of rotatable bonds is 4. The van der Waals surface area contributed by atoms with E-state index in [2.05, 4.69) is 4.99 Å². The Labute approximate surface area is 152 Å². The Bertz CT molecular complexity index is 682. The first kappa shape index (κ1) is 18.5. The Morgan fingerprint density at radius 3 is 1.71 bits per heavy atom. The number of carbonyl (C=O) groups excluding carboxylic acids is 1. The summed E-state index contributed by atoms with van der Waals surface area (Å²) in [6.07, 6.45) is 0. The Kier molecular flexibility index (Phi) is 6.03. The predicted molar refractivity (Wildman–Crippen MR) is 99.3 cm³/mol. The first-order valence-electron chi connectivity index (χ1n) is 7.53. The van der Waals surface area contributed by atoms with Gasteiger partial charge in [-0.25, -0.2) is 0 Å². The van der Waals surface area contributed by atoms with Crippen molar-refractivity contribution in [3.63, 3.8) is 0 Å². The Hall–Kier alpha value is -1.84. The number of halogens is 2. The van der Waals surface area contributed by atoms with Crippen LogP contribution in [0.25, 0.3) is 0 Å². The van der Waals surface area contributed by atoms with Gasteiger partial charge >= 0.3 is 5.97 Å². The molecule has 2 aromatic carbocycles. The van der Waals surface area contributed by atoms with Gasteiger partial charge in [-0.15, -0.1) is 0 Å². The van der Waals surface area contributed by atoms with Crippen molar-refractivity contribution in [3.8, 4) is 0 Å². The molecule has 0 aliphatic rings. The third-order valence-electron chi connectivity index (χ3n) is 3.02. The van der Waals surface area contributed by atoms with E-state index in [0.29, 0.717) is 15.8 Å². The van der Waals surface area contributed by atoms with E-state index in [1.165, 1.54) is 0 Å². The average Bonchev–Trinajstić information content (AvgIpc) is 2.49. The van der Waals surface area contributed by atoms with Crippen molar-refractivity contribution in [1.82, 2.24) is 0 Å². The molecule has 3 nitrogen and oxygen atoms in total. The minimum atomic E-state index is -0.534. The van der Waals surface area contributed by atoms with Crippen LogP contribution in [0.5, 0.6) is 0 Å². The summed E-state index contributed by atoms with van der Waals surface area (Å²) >= 11 is 11.9. The van der Waals surface area contributed by atoms with Gasteiger partial charge in [0.05, 0.1) is 5.71 Å². The van der Waals surface area contributed by atoms with Crippen LogP contribution >= 0.6 is 23.2 Å². The number of ether oxygens (including phenoxy) is 1. The average molecular weight is 364 g/mol. The topological polar surface area (TPSA) is 38.7 Å². The van der Waals surface area contributed by atoms with Crippen molar-refractivity contribution in [2.45, 2.75) is 26.4 Å². The number of esters is 1. The number of hydrogen-bond donors (Lipinski definition) is 0. The molecule has 0 saturated heterocycles. The normalized spacial score (nSPS) is 11.0. The fourth-order valence-corrected chi connectivity index (χ4v) is 2.33. The molecular formula is C19H19Cl2NO2. The number of hydrogen-bond acceptors (Lipinski definition) is 3. The third-order valence-corrected chi connectivity index (χ3v) is 3.53. The van der Waals surface area contributed by atoms with Gasteiger partial charge in [0, 0.05) is 21.2 Å². The molecule has 0 saturated carbocycles. The van der Waals surface area contributed by atoms with E-state index in [1.54, 1.807) is 24.3 Å². The largest absolute Gasteiger partial charge is 0.459 e. The molecule has 0 unspecified atom stereocenters. The van der Waals surface area contributed by atoms with Crippen LogP contribution in [0.2, 0.25) is 10.0 Å². The number of carbonyl (C=O) groups is 1. The van der Waals surface area contributed by atoms with E-state index in [1.807, 2.05) is 45.0 Å². The molecule has 0 aliphatic carbocycles. The molecule has 0 heterocycles. The summed E-state index contributed by atoms with van der Waals surface area (Å²) in [5.74, 6) is -0.372.